The largest absolute Gasteiger partial charge is 0.380 e. The van der Waals surface area contributed by atoms with E-state index in [0.717, 1.165) is 16.3 Å². The van der Waals surface area contributed by atoms with Crippen molar-refractivity contribution in [1.82, 2.24) is 0 Å². The van der Waals surface area contributed by atoms with Crippen LogP contribution < -0.4 is 11.1 Å². The van der Waals surface area contributed by atoms with Crippen LogP contribution in [0.15, 0.2) is 18.2 Å². The molecule has 0 fully saturated rings. The Kier molecular flexibility index (Phi) is 3.40. The Labute approximate surface area is 90.4 Å². The van der Waals surface area contributed by atoms with Crippen LogP contribution in [0.1, 0.15) is 26.3 Å². The Balaban J connectivity index is 2.87. The summed E-state index contributed by atoms with van der Waals surface area (Å²) in [5, 5.41) is 4.07. The van der Waals surface area contributed by atoms with Crippen molar-refractivity contribution in [2.75, 3.05) is 5.32 Å². The van der Waals surface area contributed by atoms with E-state index in [1.807, 2.05) is 18.2 Å². The topological polar surface area (TPSA) is 38.0 Å². The first-order chi connectivity index (χ1) is 6.42. The molecule has 0 aromatic heterocycles. The Hall–Kier alpha value is -0.730. The van der Waals surface area contributed by atoms with Crippen molar-refractivity contribution in [2.45, 2.75) is 32.9 Å². The van der Waals surface area contributed by atoms with E-state index in [4.69, 9.17) is 17.3 Å². The average molecular weight is 213 g/mol. The van der Waals surface area contributed by atoms with E-state index in [1.54, 1.807) is 0 Å². The Morgan fingerprint density at radius 1 is 1.36 bits per heavy atom. The summed E-state index contributed by atoms with van der Waals surface area (Å²) in [5.41, 5.74) is 7.58. The second-order valence-electron chi connectivity index (χ2n) is 4.39. The molecule has 0 saturated carbocycles. The molecule has 0 amide bonds. The van der Waals surface area contributed by atoms with Gasteiger partial charge in [0.2, 0.25) is 0 Å². The minimum Gasteiger partial charge on any atom is -0.380 e. The molecule has 0 aliphatic rings. The standard InChI is InChI=1S/C11H17ClN2/c1-11(2,3)14-9-5-4-8(7-13)10(12)6-9/h4-6,14H,7,13H2,1-3H3. The first-order valence-corrected chi connectivity index (χ1v) is 5.07. The highest BCUT2D eigenvalue weighted by atomic mass is 35.5. The van der Waals surface area contributed by atoms with Crippen LogP contribution in [0.5, 0.6) is 0 Å². The van der Waals surface area contributed by atoms with Crippen LogP contribution in [-0.4, -0.2) is 5.54 Å². The molecule has 0 spiro atoms. The van der Waals surface area contributed by atoms with Crippen molar-refractivity contribution in [3.05, 3.63) is 28.8 Å². The predicted octanol–water partition coefficient (Wildman–Crippen LogP) is 3.01. The van der Waals surface area contributed by atoms with Crippen molar-refractivity contribution in [3.8, 4) is 0 Å². The predicted molar refractivity (Wildman–Crippen MR) is 62.7 cm³/mol. The van der Waals surface area contributed by atoms with E-state index in [9.17, 15) is 0 Å². The molecular formula is C11H17ClN2. The Morgan fingerprint density at radius 3 is 2.43 bits per heavy atom. The number of hydrogen-bond donors (Lipinski definition) is 2. The highest BCUT2D eigenvalue weighted by Crippen LogP contribution is 2.22. The highest BCUT2D eigenvalue weighted by Gasteiger charge is 2.09. The molecule has 0 heterocycles. The smallest absolute Gasteiger partial charge is 0.0471 e. The molecule has 0 atom stereocenters. The maximum atomic E-state index is 6.04. The molecule has 1 rings (SSSR count). The zero-order chi connectivity index (χ0) is 10.8. The van der Waals surface area contributed by atoms with Gasteiger partial charge in [0, 0.05) is 22.8 Å². The number of rotatable bonds is 2. The minimum atomic E-state index is 0.0492. The van der Waals surface area contributed by atoms with Crippen LogP contribution in [0.25, 0.3) is 0 Å². The second kappa shape index (κ2) is 4.20. The van der Waals surface area contributed by atoms with Gasteiger partial charge in [-0.05, 0) is 38.5 Å². The van der Waals surface area contributed by atoms with Gasteiger partial charge in [-0.1, -0.05) is 17.7 Å². The van der Waals surface area contributed by atoms with Crippen molar-refractivity contribution in [2.24, 2.45) is 5.73 Å². The molecule has 78 valence electrons. The van der Waals surface area contributed by atoms with Gasteiger partial charge in [0.25, 0.3) is 0 Å². The van der Waals surface area contributed by atoms with Crippen LogP contribution in [0, 0.1) is 0 Å². The van der Waals surface area contributed by atoms with E-state index >= 15 is 0 Å². The first kappa shape index (κ1) is 11.3. The van der Waals surface area contributed by atoms with Gasteiger partial charge in [0.1, 0.15) is 0 Å². The summed E-state index contributed by atoms with van der Waals surface area (Å²) < 4.78 is 0. The van der Waals surface area contributed by atoms with Gasteiger partial charge in [-0.3, -0.25) is 0 Å². The molecule has 0 radical (unpaired) electrons. The maximum absolute atomic E-state index is 6.04. The lowest BCUT2D eigenvalue weighted by Crippen LogP contribution is -2.25. The van der Waals surface area contributed by atoms with Gasteiger partial charge in [0.15, 0.2) is 0 Å². The number of hydrogen-bond acceptors (Lipinski definition) is 2. The SMILES string of the molecule is CC(C)(C)Nc1ccc(CN)c(Cl)c1. The lowest BCUT2D eigenvalue weighted by molar-refractivity contribution is 0.634. The van der Waals surface area contributed by atoms with E-state index < -0.39 is 0 Å². The zero-order valence-electron chi connectivity index (χ0n) is 8.89. The van der Waals surface area contributed by atoms with Crippen LogP contribution >= 0.6 is 11.6 Å². The molecule has 0 aliphatic carbocycles. The third-order valence-electron chi connectivity index (χ3n) is 1.79. The maximum Gasteiger partial charge on any atom is 0.0471 e. The fourth-order valence-electron chi connectivity index (χ4n) is 1.22. The molecule has 1 aromatic carbocycles. The number of halogens is 1. The van der Waals surface area contributed by atoms with Crippen LogP contribution in [-0.2, 0) is 6.54 Å². The molecule has 0 aliphatic heterocycles. The fourth-order valence-corrected chi connectivity index (χ4v) is 1.48. The van der Waals surface area contributed by atoms with Gasteiger partial charge in [-0.15, -0.1) is 0 Å². The number of benzene rings is 1. The van der Waals surface area contributed by atoms with Crippen molar-refractivity contribution in [1.29, 1.82) is 0 Å². The molecule has 0 unspecified atom stereocenters. The van der Waals surface area contributed by atoms with Crippen LogP contribution in [0.3, 0.4) is 0 Å². The molecule has 14 heavy (non-hydrogen) atoms. The second-order valence-corrected chi connectivity index (χ2v) is 4.79. The number of anilines is 1. The lowest BCUT2D eigenvalue weighted by atomic mass is 10.1. The van der Waals surface area contributed by atoms with Crippen molar-refractivity contribution < 1.29 is 0 Å². The lowest BCUT2D eigenvalue weighted by Gasteiger charge is -2.22. The average Bonchev–Trinajstić information content (AvgIpc) is 2.01. The summed E-state index contributed by atoms with van der Waals surface area (Å²) in [4.78, 5) is 0. The van der Waals surface area contributed by atoms with Crippen molar-refractivity contribution >= 4 is 17.3 Å². The summed E-state index contributed by atoms with van der Waals surface area (Å²) in [5.74, 6) is 0. The summed E-state index contributed by atoms with van der Waals surface area (Å²) in [6.07, 6.45) is 0. The van der Waals surface area contributed by atoms with Gasteiger partial charge >= 0.3 is 0 Å². The monoisotopic (exact) mass is 212 g/mol. The van der Waals surface area contributed by atoms with E-state index in [0.29, 0.717) is 6.54 Å². The van der Waals surface area contributed by atoms with E-state index in [1.165, 1.54) is 0 Å². The molecule has 2 nitrogen and oxygen atoms in total. The summed E-state index contributed by atoms with van der Waals surface area (Å²) in [7, 11) is 0. The molecule has 3 N–H and O–H groups in total. The zero-order valence-corrected chi connectivity index (χ0v) is 9.65. The summed E-state index contributed by atoms with van der Waals surface area (Å²) in [6, 6.07) is 5.87. The van der Waals surface area contributed by atoms with Crippen molar-refractivity contribution in [3.63, 3.8) is 0 Å². The Morgan fingerprint density at radius 2 is 2.00 bits per heavy atom. The third kappa shape index (κ3) is 3.20. The Bertz CT molecular complexity index is 316. The van der Waals surface area contributed by atoms with Gasteiger partial charge in [-0.2, -0.15) is 0 Å². The first-order valence-electron chi connectivity index (χ1n) is 4.69. The summed E-state index contributed by atoms with van der Waals surface area (Å²) >= 11 is 6.04. The molecule has 0 saturated heterocycles. The normalized spacial score (nSPS) is 11.5. The third-order valence-corrected chi connectivity index (χ3v) is 2.14. The van der Waals surface area contributed by atoms with Gasteiger partial charge < -0.3 is 11.1 Å². The van der Waals surface area contributed by atoms with E-state index in [-0.39, 0.29) is 5.54 Å². The van der Waals surface area contributed by atoms with E-state index in [2.05, 4.69) is 26.1 Å². The number of nitrogens with one attached hydrogen (secondary N) is 1. The van der Waals surface area contributed by atoms with Crippen LogP contribution in [0.4, 0.5) is 5.69 Å². The van der Waals surface area contributed by atoms with Gasteiger partial charge in [0.05, 0.1) is 0 Å². The highest BCUT2D eigenvalue weighted by molar-refractivity contribution is 6.31. The quantitative estimate of drug-likeness (QED) is 0.791. The molecule has 1 aromatic rings. The number of nitrogens with two attached hydrogens (primary N) is 1. The fraction of sp³-hybridized carbons (Fsp3) is 0.455. The van der Waals surface area contributed by atoms with Gasteiger partial charge in [-0.25, -0.2) is 0 Å². The molecule has 0 bridgehead atoms. The summed E-state index contributed by atoms with van der Waals surface area (Å²) in [6.45, 7) is 6.81. The minimum absolute atomic E-state index is 0.0492. The molecular weight excluding hydrogens is 196 g/mol. The molecule has 3 heteroatoms. The van der Waals surface area contributed by atoms with Crippen LogP contribution in [0.2, 0.25) is 5.02 Å².